The first kappa shape index (κ1) is 17.1. The van der Waals surface area contributed by atoms with E-state index in [0.717, 1.165) is 44.6 Å². The summed E-state index contributed by atoms with van der Waals surface area (Å²) in [6, 6.07) is 9.41. The molecule has 3 heterocycles. The lowest BCUT2D eigenvalue weighted by Gasteiger charge is -2.34. The number of hydrogen-bond acceptors (Lipinski definition) is 3. The lowest BCUT2D eigenvalue weighted by atomic mass is 10.0. The van der Waals surface area contributed by atoms with Crippen molar-refractivity contribution in [3.63, 3.8) is 0 Å². The SMILES string of the molecule is O=C1NCCC1N1CCC(Oc2cccc3c2ccn3C2CCCC2)CC1. The number of fused-ring (bicyclic) bond motifs is 1. The average Bonchev–Trinajstić information content (AvgIpc) is 3.43. The fourth-order valence-electron chi connectivity index (χ4n) is 5.18. The molecule has 3 aliphatic rings. The van der Waals surface area contributed by atoms with Gasteiger partial charge in [-0.05, 0) is 50.3 Å². The first-order valence-corrected chi connectivity index (χ1v) is 10.6. The van der Waals surface area contributed by atoms with Crippen LogP contribution in [0.1, 0.15) is 51.0 Å². The van der Waals surface area contributed by atoms with Crippen LogP contribution in [0.3, 0.4) is 0 Å². The number of aromatic nitrogens is 1. The molecule has 1 atom stereocenters. The summed E-state index contributed by atoms with van der Waals surface area (Å²) in [6.07, 6.45) is 10.7. The monoisotopic (exact) mass is 367 g/mol. The van der Waals surface area contributed by atoms with Crippen molar-refractivity contribution in [1.82, 2.24) is 14.8 Å². The molecule has 2 aromatic rings. The van der Waals surface area contributed by atoms with Gasteiger partial charge in [-0.3, -0.25) is 9.69 Å². The van der Waals surface area contributed by atoms with E-state index in [-0.39, 0.29) is 18.1 Å². The van der Waals surface area contributed by atoms with Crippen LogP contribution in [0.5, 0.6) is 5.75 Å². The molecule has 1 unspecified atom stereocenters. The number of nitrogens with one attached hydrogen (secondary N) is 1. The van der Waals surface area contributed by atoms with E-state index in [4.69, 9.17) is 4.74 Å². The van der Waals surface area contributed by atoms with E-state index < -0.39 is 0 Å². The molecule has 144 valence electrons. The number of amides is 1. The number of hydrogen-bond donors (Lipinski definition) is 1. The van der Waals surface area contributed by atoms with Crippen LogP contribution in [-0.2, 0) is 4.79 Å². The number of likely N-dealkylation sites (tertiary alicyclic amines) is 1. The van der Waals surface area contributed by atoms with E-state index >= 15 is 0 Å². The Bertz CT molecular complexity index is 816. The van der Waals surface area contributed by atoms with Crippen LogP contribution in [0.25, 0.3) is 10.9 Å². The Labute approximate surface area is 160 Å². The molecule has 1 aromatic heterocycles. The zero-order valence-corrected chi connectivity index (χ0v) is 15.9. The molecule has 1 saturated carbocycles. The van der Waals surface area contributed by atoms with Crippen molar-refractivity contribution in [1.29, 1.82) is 0 Å². The van der Waals surface area contributed by atoms with Crippen molar-refractivity contribution in [2.75, 3.05) is 19.6 Å². The van der Waals surface area contributed by atoms with Gasteiger partial charge in [0.05, 0.1) is 11.6 Å². The van der Waals surface area contributed by atoms with Crippen LogP contribution in [0.15, 0.2) is 30.5 Å². The molecule has 3 fully saturated rings. The first-order valence-electron chi connectivity index (χ1n) is 10.6. The van der Waals surface area contributed by atoms with E-state index in [1.807, 2.05) is 0 Å². The van der Waals surface area contributed by atoms with Crippen molar-refractivity contribution in [3.05, 3.63) is 30.5 Å². The van der Waals surface area contributed by atoms with Crippen LogP contribution in [0.4, 0.5) is 0 Å². The van der Waals surface area contributed by atoms with Gasteiger partial charge < -0.3 is 14.6 Å². The van der Waals surface area contributed by atoms with E-state index in [9.17, 15) is 4.79 Å². The second-order valence-electron chi connectivity index (χ2n) is 8.30. The van der Waals surface area contributed by atoms with Crippen LogP contribution >= 0.6 is 0 Å². The Morgan fingerprint density at radius 3 is 2.56 bits per heavy atom. The van der Waals surface area contributed by atoms with Gasteiger partial charge in [-0.1, -0.05) is 18.9 Å². The van der Waals surface area contributed by atoms with Crippen molar-refractivity contribution in [2.45, 2.75) is 63.1 Å². The summed E-state index contributed by atoms with van der Waals surface area (Å²) in [7, 11) is 0. The van der Waals surface area contributed by atoms with Gasteiger partial charge in [-0.2, -0.15) is 0 Å². The molecule has 27 heavy (non-hydrogen) atoms. The van der Waals surface area contributed by atoms with Crippen molar-refractivity contribution in [2.24, 2.45) is 0 Å². The summed E-state index contributed by atoms with van der Waals surface area (Å²) < 4.78 is 8.90. The second-order valence-corrected chi connectivity index (χ2v) is 8.30. The molecular weight excluding hydrogens is 338 g/mol. The minimum absolute atomic E-state index is 0.0785. The third-order valence-corrected chi connectivity index (χ3v) is 6.67. The molecule has 0 spiro atoms. The minimum Gasteiger partial charge on any atom is -0.490 e. The molecule has 5 rings (SSSR count). The number of nitrogens with zero attached hydrogens (tertiary/aromatic N) is 2. The molecule has 1 N–H and O–H groups in total. The maximum Gasteiger partial charge on any atom is 0.237 e. The van der Waals surface area contributed by atoms with E-state index in [0.29, 0.717) is 6.04 Å². The fourth-order valence-corrected chi connectivity index (χ4v) is 5.18. The maximum atomic E-state index is 11.9. The summed E-state index contributed by atoms with van der Waals surface area (Å²) in [5.74, 6) is 1.22. The Morgan fingerprint density at radius 2 is 1.81 bits per heavy atom. The Kier molecular flexibility index (Phi) is 4.56. The number of rotatable bonds is 4. The highest BCUT2D eigenvalue weighted by atomic mass is 16.5. The molecule has 2 aliphatic heterocycles. The Balaban J connectivity index is 1.27. The van der Waals surface area contributed by atoms with Gasteiger partial charge in [0.2, 0.25) is 5.91 Å². The van der Waals surface area contributed by atoms with Gasteiger partial charge in [0, 0.05) is 37.3 Å². The molecule has 5 heteroatoms. The zero-order chi connectivity index (χ0) is 18.2. The zero-order valence-electron chi connectivity index (χ0n) is 15.9. The normalized spacial score (nSPS) is 25.3. The standard InChI is InChI=1S/C22H29N3O2/c26-22-20(8-12-23-22)24-13-9-17(10-14-24)27-21-7-3-6-19-18(21)11-15-25(19)16-4-1-2-5-16/h3,6-7,11,15-17,20H,1-2,4-5,8-10,12-14H2,(H,23,26). The molecule has 1 aromatic carbocycles. The summed E-state index contributed by atoms with van der Waals surface area (Å²) in [6.45, 7) is 2.71. The summed E-state index contributed by atoms with van der Waals surface area (Å²) >= 11 is 0. The van der Waals surface area contributed by atoms with Crippen LogP contribution in [-0.4, -0.2) is 47.2 Å². The van der Waals surface area contributed by atoms with Crippen LogP contribution in [0.2, 0.25) is 0 Å². The predicted molar refractivity (Wildman–Crippen MR) is 106 cm³/mol. The third kappa shape index (κ3) is 3.22. The molecule has 1 amide bonds. The van der Waals surface area contributed by atoms with Crippen LogP contribution < -0.4 is 10.1 Å². The lowest BCUT2D eigenvalue weighted by molar-refractivity contribution is -0.124. The highest BCUT2D eigenvalue weighted by molar-refractivity contribution is 5.86. The van der Waals surface area contributed by atoms with Gasteiger partial charge in [-0.15, -0.1) is 0 Å². The number of ether oxygens (including phenoxy) is 1. The van der Waals surface area contributed by atoms with Gasteiger partial charge in [0.15, 0.2) is 0 Å². The largest absolute Gasteiger partial charge is 0.490 e. The van der Waals surface area contributed by atoms with Gasteiger partial charge in [0.1, 0.15) is 11.9 Å². The molecule has 2 saturated heterocycles. The number of piperidine rings is 1. The number of benzene rings is 1. The first-order chi connectivity index (χ1) is 13.3. The number of carbonyl (C=O) groups excluding carboxylic acids is 1. The highest BCUT2D eigenvalue weighted by Crippen LogP contribution is 2.36. The summed E-state index contributed by atoms with van der Waals surface area (Å²) in [4.78, 5) is 14.3. The molecule has 0 bridgehead atoms. The maximum absolute atomic E-state index is 11.9. The molecule has 1 aliphatic carbocycles. The van der Waals surface area contributed by atoms with E-state index in [1.165, 1.54) is 36.6 Å². The topological polar surface area (TPSA) is 46.5 Å². The van der Waals surface area contributed by atoms with Crippen molar-refractivity contribution < 1.29 is 9.53 Å². The average molecular weight is 367 g/mol. The van der Waals surface area contributed by atoms with Crippen molar-refractivity contribution >= 4 is 16.8 Å². The Hall–Kier alpha value is -2.01. The van der Waals surface area contributed by atoms with E-state index in [2.05, 4.69) is 45.2 Å². The van der Waals surface area contributed by atoms with Gasteiger partial charge >= 0.3 is 0 Å². The minimum atomic E-state index is 0.0785. The predicted octanol–water partition coefficient (Wildman–Crippen LogP) is 3.49. The molecule has 5 nitrogen and oxygen atoms in total. The second kappa shape index (κ2) is 7.19. The summed E-state index contributed by atoms with van der Waals surface area (Å²) in [5, 5.41) is 4.19. The lowest BCUT2D eigenvalue weighted by Crippen LogP contribution is -2.47. The van der Waals surface area contributed by atoms with Gasteiger partial charge in [-0.25, -0.2) is 0 Å². The third-order valence-electron chi connectivity index (χ3n) is 6.67. The molecular formula is C22H29N3O2. The van der Waals surface area contributed by atoms with Crippen molar-refractivity contribution in [3.8, 4) is 5.75 Å². The van der Waals surface area contributed by atoms with Crippen LogP contribution in [0, 0.1) is 0 Å². The Morgan fingerprint density at radius 1 is 1.00 bits per heavy atom. The fraction of sp³-hybridized carbons (Fsp3) is 0.591. The van der Waals surface area contributed by atoms with Gasteiger partial charge in [0.25, 0.3) is 0 Å². The number of carbonyl (C=O) groups is 1. The molecule has 0 radical (unpaired) electrons. The highest BCUT2D eigenvalue weighted by Gasteiger charge is 2.33. The smallest absolute Gasteiger partial charge is 0.237 e. The summed E-state index contributed by atoms with van der Waals surface area (Å²) in [5.41, 5.74) is 1.31. The quantitative estimate of drug-likeness (QED) is 0.900. The van der Waals surface area contributed by atoms with E-state index in [1.54, 1.807) is 0 Å².